The zero-order valence-electron chi connectivity index (χ0n) is 18.8. The number of alkyl carbamates (subject to hydrolysis) is 1. The zero-order valence-corrected chi connectivity index (χ0v) is 18.8. The summed E-state index contributed by atoms with van der Waals surface area (Å²) in [6.07, 6.45) is -3.82. The van der Waals surface area contributed by atoms with E-state index >= 15 is 4.39 Å². The standard InChI is InChI=1S/C22H23F4N7O3/c23-18-16(36-21(34)28-13-5-10-1-2-12(10)13)9-35-19(18)14-7-17(31-30-14)29-20-15-6-11(8-22(24,25)26)32-33(15)4-3-27-20/h3-4,6-7,10,12-13,16,18-19H,1-2,5,8-9H2,(H,28,34)(H2,27,29,30,31)/t10?,12?,13?,16-,18-,19-/m1/s1. The number of amides is 1. The van der Waals surface area contributed by atoms with Gasteiger partial charge in [-0.15, -0.1) is 0 Å². The summed E-state index contributed by atoms with van der Waals surface area (Å²) in [6.45, 7) is -0.101. The molecule has 4 heterocycles. The number of nitrogens with zero attached hydrogens (tertiary/aromatic N) is 4. The van der Waals surface area contributed by atoms with Crippen molar-refractivity contribution in [3.05, 3.63) is 35.9 Å². The Hall–Kier alpha value is -3.42. The molecule has 6 atom stereocenters. The summed E-state index contributed by atoms with van der Waals surface area (Å²) in [6, 6.07) is 2.89. The molecule has 36 heavy (non-hydrogen) atoms. The van der Waals surface area contributed by atoms with Crippen LogP contribution in [0.25, 0.3) is 5.52 Å². The van der Waals surface area contributed by atoms with E-state index in [4.69, 9.17) is 9.47 Å². The predicted octanol–water partition coefficient (Wildman–Crippen LogP) is 3.60. The molecule has 10 nitrogen and oxygen atoms in total. The third-order valence-electron chi connectivity index (χ3n) is 7.17. The minimum absolute atomic E-state index is 0.101. The highest BCUT2D eigenvalue weighted by molar-refractivity contribution is 5.72. The summed E-state index contributed by atoms with van der Waals surface area (Å²) in [5.41, 5.74) is 0.479. The number of anilines is 2. The number of halogens is 4. The summed E-state index contributed by atoms with van der Waals surface area (Å²) in [5.74, 6) is 1.69. The molecular weight excluding hydrogens is 486 g/mol. The van der Waals surface area contributed by atoms with E-state index in [9.17, 15) is 18.0 Å². The van der Waals surface area contributed by atoms with Crippen molar-refractivity contribution < 1.29 is 31.8 Å². The van der Waals surface area contributed by atoms with Crippen molar-refractivity contribution in [3.63, 3.8) is 0 Å². The molecule has 3 N–H and O–H groups in total. The van der Waals surface area contributed by atoms with Crippen LogP contribution in [0.2, 0.25) is 0 Å². The molecule has 0 spiro atoms. The van der Waals surface area contributed by atoms with Gasteiger partial charge in [0.25, 0.3) is 0 Å². The lowest BCUT2D eigenvalue weighted by Gasteiger charge is -2.52. The van der Waals surface area contributed by atoms with Crippen LogP contribution in [0.1, 0.15) is 36.8 Å². The van der Waals surface area contributed by atoms with Gasteiger partial charge in [-0.3, -0.25) is 5.10 Å². The highest BCUT2D eigenvalue weighted by atomic mass is 19.4. The Morgan fingerprint density at radius 1 is 1.31 bits per heavy atom. The van der Waals surface area contributed by atoms with Crippen LogP contribution in [0, 0.1) is 11.8 Å². The average molecular weight is 509 g/mol. The fraction of sp³-hybridized carbons (Fsp3) is 0.545. The van der Waals surface area contributed by atoms with Gasteiger partial charge in [0.05, 0.1) is 24.4 Å². The Balaban J connectivity index is 1.09. The van der Waals surface area contributed by atoms with Crippen LogP contribution in [-0.2, 0) is 15.9 Å². The van der Waals surface area contributed by atoms with E-state index in [1.807, 2.05) is 0 Å². The summed E-state index contributed by atoms with van der Waals surface area (Å²) in [7, 11) is 0. The van der Waals surface area contributed by atoms with E-state index in [2.05, 4.69) is 30.9 Å². The number of ether oxygens (including phenoxy) is 2. The molecule has 0 aromatic carbocycles. The maximum Gasteiger partial charge on any atom is 0.407 e. The van der Waals surface area contributed by atoms with Gasteiger partial charge in [0, 0.05) is 24.5 Å². The Morgan fingerprint density at radius 2 is 2.17 bits per heavy atom. The van der Waals surface area contributed by atoms with Gasteiger partial charge in [-0.05, 0) is 37.2 Å². The van der Waals surface area contributed by atoms with Crippen LogP contribution < -0.4 is 10.6 Å². The number of carbonyl (C=O) groups excluding carboxylic acids is 1. The average Bonchev–Trinajstić information content (AvgIpc) is 3.50. The maximum absolute atomic E-state index is 15.1. The third kappa shape index (κ3) is 4.33. The number of aromatic nitrogens is 5. The van der Waals surface area contributed by atoms with Crippen molar-refractivity contribution in [2.75, 3.05) is 11.9 Å². The van der Waals surface area contributed by atoms with Crippen molar-refractivity contribution in [3.8, 4) is 0 Å². The summed E-state index contributed by atoms with van der Waals surface area (Å²) >= 11 is 0. The number of nitrogens with one attached hydrogen (secondary N) is 3. The molecular formula is C22H23F4N7O3. The molecule has 0 bridgehead atoms. The minimum atomic E-state index is -4.39. The molecule has 0 radical (unpaired) electrons. The molecule has 192 valence electrons. The first-order valence-electron chi connectivity index (χ1n) is 11.7. The molecule has 3 aromatic rings. The van der Waals surface area contributed by atoms with Crippen LogP contribution in [0.15, 0.2) is 24.5 Å². The second-order valence-corrected chi connectivity index (χ2v) is 9.50. The van der Waals surface area contributed by atoms with Crippen molar-refractivity contribution in [1.82, 2.24) is 30.1 Å². The van der Waals surface area contributed by atoms with Gasteiger partial charge in [0.1, 0.15) is 11.6 Å². The number of carbonyl (C=O) groups is 1. The minimum Gasteiger partial charge on any atom is -0.441 e. The number of fused-ring (bicyclic) bond motifs is 2. The number of hydrogen-bond acceptors (Lipinski definition) is 7. The molecule has 1 aliphatic heterocycles. The molecule has 1 saturated heterocycles. The molecule has 6 rings (SSSR count). The first kappa shape index (κ1) is 23.0. The topological polar surface area (TPSA) is 118 Å². The van der Waals surface area contributed by atoms with Crippen molar-refractivity contribution >= 4 is 23.2 Å². The second-order valence-electron chi connectivity index (χ2n) is 9.50. The van der Waals surface area contributed by atoms with E-state index < -0.39 is 37.1 Å². The number of H-pyrrole nitrogens is 1. The summed E-state index contributed by atoms with van der Waals surface area (Å²) in [4.78, 5) is 16.3. The molecule has 2 aliphatic carbocycles. The smallest absolute Gasteiger partial charge is 0.407 e. The van der Waals surface area contributed by atoms with Gasteiger partial charge < -0.3 is 20.1 Å². The first-order valence-corrected chi connectivity index (χ1v) is 11.7. The van der Waals surface area contributed by atoms with Gasteiger partial charge in [0.15, 0.2) is 23.9 Å². The zero-order chi connectivity index (χ0) is 25.0. The van der Waals surface area contributed by atoms with Gasteiger partial charge in [-0.1, -0.05) is 0 Å². The SMILES string of the molecule is O=C(NC1CC2CCC21)O[C@@H]1CO[C@H](c2cc(Nc3nccn4nc(CC(F)(F)F)cc34)n[nH]2)[C@@H]1F. The van der Waals surface area contributed by atoms with E-state index in [-0.39, 0.29) is 30.0 Å². The fourth-order valence-electron chi connectivity index (χ4n) is 5.18. The van der Waals surface area contributed by atoms with Gasteiger partial charge in [-0.2, -0.15) is 23.4 Å². The molecule has 1 amide bonds. The lowest BCUT2D eigenvalue weighted by atomic mass is 9.56. The Bertz CT molecular complexity index is 1280. The predicted molar refractivity (Wildman–Crippen MR) is 116 cm³/mol. The quantitative estimate of drug-likeness (QED) is 0.435. The molecule has 2 saturated carbocycles. The largest absolute Gasteiger partial charge is 0.441 e. The molecule has 3 aliphatic rings. The van der Waals surface area contributed by atoms with Gasteiger partial charge in [-0.25, -0.2) is 18.7 Å². The van der Waals surface area contributed by atoms with Crippen molar-refractivity contribution in [1.29, 1.82) is 0 Å². The van der Waals surface area contributed by atoms with E-state index in [1.54, 1.807) is 0 Å². The molecule has 3 unspecified atom stereocenters. The molecule has 14 heteroatoms. The normalized spacial score (nSPS) is 29.3. The number of aromatic amines is 1. The summed E-state index contributed by atoms with van der Waals surface area (Å²) < 4.78 is 65.3. The van der Waals surface area contributed by atoms with Gasteiger partial charge in [0.2, 0.25) is 0 Å². The Labute approximate surface area is 201 Å². The highest BCUT2D eigenvalue weighted by Crippen LogP contribution is 2.50. The van der Waals surface area contributed by atoms with Crippen LogP contribution in [-0.4, -0.2) is 62.0 Å². The van der Waals surface area contributed by atoms with Crippen molar-refractivity contribution in [2.24, 2.45) is 11.8 Å². The fourth-order valence-corrected chi connectivity index (χ4v) is 5.18. The second kappa shape index (κ2) is 8.61. The number of hydrogen-bond donors (Lipinski definition) is 3. The lowest BCUT2D eigenvalue weighted by molar-refractivity contribution is -0.127. The van der Waals surface area contributed by atoms with Crippen molar-refractivity contribution in [2.45, 2.75) is 56.3 Å². The van der Waals surface area contributed by atoms with Crippen LogP contribution >= 0.6 is 0 Å². The summed E-state index contributed by atoms with van der Waals surface area (Å²) in [5, 5.41) is 16.4. The van der Waals surface area contributed by atoms with E-state index in [0.717, 1.165) is 12.8 Å². The lowest BCUT2D eigenvalue weighted by Crippen LogP contribution is -2.57. The first-order chi connectivity index (χ1) is 17.2. The van der Waals surface area contributed by atoms with Crippen LogP contribution in [0.4, 0.5) is 34.0 Å². The highest BCUT2D eigenvalue weighted by Gasteiger charge is 2.48. The van der Waals surface area contributed by atoms with Crippen LogP contribution in [0.5, 0.6) is 0 Å². The Kier molecular flexibility index (Phi) is 5.50. The number of rotatable bonds is 6. The monoisotopic (exact) mass is 509 g/mol. The van der Waals surface area contributed by atoms with E-state index in [0.29, 0.717) is 23.0 Å². The number of alkyl halides is 4. The van der Waals surface area contributed by atoms with E-state index in [1.165, 1.54) is 35.5 Å². The molecule has 3 fully saturated rings. The third-order valence-corrected chi connectivity index (χ3v) is 7.17. The Morgan fingerprint density at radius 3 is 2.89 bits per heavy atom. The van der Waals surface area contributed by atoms with Crippen LogP contribution in [0.3, 0.4) is 0 Å². The maximum atomic E-state index is 15.1. The van der Waals surface area contributed by atoms with Gasteiger partial charge >= 0.3 is 12.3 Å². The molecule has 3 aromatic heterocycles.